The maximum absolute atomic E-state index is 12.2. The molecule has 5 heteroatoms. The molecule has 2 aromatic rings. The van der Waals surface area contributed by atoms with Crippen LogP contribution in [-0.2, 0) is 16.1 Å². The van der Waals surface area contributed by atoms with Crippen LogP contribution in [0.1, 0.15) is 47.8 Å². The molecule has 0 unspecified atom stereocenters. The molecule has 0 radical (unpaired) electrons. The van der Waals surface area contributed by atoms with E-state index in [0.29, 0.717) is 17.0 Å². The van der Waals surface area contributed by atoms with Gasteiger partial charge in [0.2, 0.25) is 0 Å². The monoisotopic (exact) mass is 355 g/mol. The lowest BCUT2D eigenvalue weighted by Crippen LogP contribution is -2.33. The summed E-state index contributed by atoms with van der Waals surface area (Å²) in [7, 11) is 0. The number of nitrogens with one attached hydrogen (secondary N) is 1. The van der Waals surface area contributed by atoms with Crippen molar-refractivity contribution < 1.29 is 19.4 Å². The molecule has 0 fully saturated rings. The Morgan fingerprint density at radius 1 is 1.04 bits per heavy atom. The summed E-state index contributed by atoms with van der Waals surface area (Å²) >= 11 is 0. The van der Waals surface area contributed by atoms with Crippen LogP contribution >= 0.6 is 0 Å². The van der Waals surface area contributed by atoms with Crippen LogP contribution in [0.2, 0.25) is 0 Å². The van der Waals surface area contributed by atoms with Crippen LogP contribution in [0.25, 0.3) is 0 Å². The zero-order chi connectivity index (χ0) is 18.9. The van der Waals surface area contributed by atoms with Crippen molar-refractivity contribution in [2.45, 2.75) is 32.9 Å². The van der Waals surface area contributed by atoms with Gasteiger partial charge in [-0.2, -0.15) is 0 Å². The number of esters is 1. The lowest BCUT2D eigenvalue weighted by molar-refractivity contribution is -0.125. The van der Waals surface area contributed by atoms with E-state index in [9.17, 15) is 9.59 Å². The molecule has 26 heavy (non-hydrogen) atoms. The van der Waals surface area contributed by atoms with Gasteiger partial charge in [-0.25, -0.2) is 4.79 Å². The molecule has 0 saturated carbocycles. The zero-order valence-electron chi connectivity index (χ0n) is 15.1. The minimum absolute atomic E-state index is 0.0888. The first-order valence-electron chi connectivity index (χ1n) is 8.70. The fraction of sp³-hybridized carbons (Fsp3) is 0.333. The highest BCUT2D eigenvalue weighted by atomic mass is 16.5. The van der Waals surface area contributed by atoms with Crippen LogP contribution in [0, 0.1) is 5.92 Å². The van der Waals surface area contributed by atoms with Gasteiger partial charge in [-0.3, -0.25) is 4.79 Å². The smallest absolute Gasteiger partial charge is 0.338 e. The number of carbonyl (C=O) groups excluding carboxylic acids is 2. The van der Waals surface area contributed by atoms with Gasteiger partial charge in [-0.1, -0.05) is 56.3 Å². The Balaban J connectivity index is 1.91. The Hall–Kier alpha value is -2.66. The van der Waals surface area contributed by atoms with Crippen LogP contribution in [0.5, 0.6) is 0 Å². The van der Waals surface area contributed by atoms with E-state index >= 15 is 0 Å². The predicted molar refractivity (Wildman–Crippen MR) is 99.4 cm³/mol. The third-order valence-corrected chi connectivity index (χ3v) is 3.95. The minimum atomic E-state index is -0.565. The van der Waals surface area contributed by atoms with Gasteiger partial charge in [0, 0.05) is 0 Å². The number of aliphatic hydroxyl groups is 1. The summed E-state index contributed by atoms with van der Waals surface area (Å²) in [6.45, 7) is 3.77. The molecule has 2 aromatic carbocycles. The van der Waals surface area contributed by atoms with Gasteiger partial charge >= 0.3 is 5.97 Å². The van der Waals surface area contributed by atoms with E-state index in [1.807, 2.05) is 30.3 Å². The number of benzene rings is 2. The molecule has 0 aromatic heterocycles. The summed E-state index contributed by atoms with van der Waals surface area (Å²) in [5, 5.41) is 12.0. The first-order chi connectivity index (χ1) is 12.5. The summed E-state index contributed by atoms with van der Waals surface area (Å²) in [5.74, 6) is -0.488. The van der Waals surface area contributed by atoms with Gasteiger partial charge in [-0.05, 0) is 35.6 Å². The fourth-order valence-electron chi connectivity index (χ4n) is 2.63. The van der Waals surface area contributed by atoms with Gasteiger partial charge in [0.1, 0.15) is 0 Å². The Morgan fingerprint density at radius 2 is 1.69 bits per heavy atom. The molecule has 138 valence electrons. The lowest BCUT2D eigenvalue weighted by Gasteiger charge is -2.21. The Bertz CT molecular complexity index is 711. The second-order valence-corrected chi connectivity index (χ2v) is 6.59. The molecule has 1 atom stereocenters. The zero-order valence-corrected chi connectivity index (χ0v) is 15.1. The van der Waals surface area contributed by atoms with Crippen molar-refractivity contribution in [3.05, 3.63) is 71.3 Å². The maximum atomic E-state index is 12.2. The van der Waals surface area contributed by atoms with E-state index in [1.165, 1.54) is 0 Å². The van der Waals surface area contributed by atoms with E-state index in [2.05, 4.69) is 19.2 Å². The van der Waals surface area contributed by atoms with Crippen LogP contribution < -0.4 is 5.32 Å². The van der Waals surface area contributed by atoms with E-state index in [-0.39, 0.29) is 25.2 Å². The number of hydrogen-bond donors (Lipinski definition) is 2. The second-order valence-electron chi connectivity index (χ2n) is 6.59. The van der Waals surface area contributed by atoms with Crippen molar-refractivity contribution in [1.82, 2.24) is 5.32 Å². The molecular weight excluding hydrogens is 330 g/mol. The standard InChI is InChI=1S/C21H25NO4/c1-15(2)12-19(17-6-4-3-5-7-17)22-20(24)14-26-21(25)18-10-8-16(13-23)9-11-18/h3-11,15,19,23H,12-14H2,1-2H3,(H,22,24)/t19-/m0/s1. The number of hydrogen-bond acceptors (Lipinski definition) is 4. The molecule has 5 nitrogen and oxygen atoms in total. The summed E-state index contributed by atoms with van der Waals surface area (Å²) in [6, 6.07) is 16.1. The van der Waals surface area contributed by atoms with Gasteiger partial charge in [0.15, 0.2) is 6.61 Å². The molecule has 2 N–H and O–H groups in total. The average Bonchev–Trinajstić information content (AvgIpc) is 2.66. The molecule has 0 spiro atoms. The van der Waals surface area contributed by atoms with E-state index in [0.717, 1.165) is 12.0 Å². The quantitative estimate of drug-likeness (QED) is 0.713. The molecule has 0 aliphatic heterocycles. The van der Waals surface area contributed by atoms with Crippen molar-refractivity contribution in [2.75, 3.05) is 6.61 Å². The average molecular weight is 355 g/mol. The molecule has 0 aliphatic carbocycles. The number of rotatable bonds is 8. The fourth-order valence-corrected chi connectivity index (χ4v) is 2.63. The third-order valence-electron chi connectivity index (χ3n) is 3.95. The molecule has 0 aliphatic rings. The summed E-state index contributed by atoms with van der Waals surface area (Å²) in [4.78, 5) is 24.2. The van der Waals surface area contributed by atoms with Crippen molar-refractivity contribution in [1.29, 1.82) is 0 Å². The van der Waals surface area contributed by atoms with Gasteiger partial charge in [0.05, 0.1) is 18.2 Å². The highest BCUT2D eigenvalue weighted by molar-refractivity contribution is 5.91. The van der Waals surface area contributed by atoms with Crippen LogP contribution in [0.4, 0.5) is 0 Å². The highest BCUT2D eigenvalue weighted by Crippen LogP contribution is 2.21. The molecule has 0 saturated heterocycles. The first kappa shape index (κ1) is 19.7. The normalized spacial score (nSPS) is 11.8. The van der Waals surface area contributed by atoms with Crippen molar-refractivity contribution in [3.8, 4) is 0 Å². The maximum Gasteiger partial charge on any atom is 0.338 e. The van der Waals surface area contributed by atoms with Gasteiger partial charge in [0.25, 0.3) is 5.91 Å². The van der Waals surface area contributed by atoms with Crippen molar-refractivity contribution in [3.63, 3.8) is 0 Å². The van der Waals surface area contributed by atoms with Crippen LogP contribution in [0.3, 0.4) is 0 Å². The van der Waals surface area contributed by atoms with E-state index in [4.69, 9.17) is 9.84 Å². The Morgan fingerprint density at radius 3 is 2.27 bits per heavy atom. The Kier molecular flexibility index (Phi) is 7.36. The molecule has 1 amide bonds. The summed E-state index contributed by atoms with van der Waals surface area (Å²) in [5.41, 5.74) is 2.08. The third kappa shape index (κ3) is 6.01. The predicted octanol–water partition coefficient (Wildman–Crippen LogP) is 3.24. The first-order valence-corrected chi connectivity index (χ1v) is 8.70. The molecule has 0 heterocycles. The topological polar surface area (TPSA) is 75.6 Å². The van der Waals surface area contributed by atoms with Crippen LogP contribution in [-0.4, -0.2) is 23.6 Å². The Labute approximate surface area is 154 Å². The SMILES string of the molecule is CC(C)C[C@H](NC(=O)COC(=O)c1ccc(CO)cc1)c1ccccc1. The van der Waals surface area contributed by atoms with E-state index in [1.54, 1.807) is 24.3 Å². The second kappa shape index (κ2) is 9.73. The summed E-state index contributed by atoms with van der Waals surface area (Å²) in [6.07, 6.45) is 0.798. The lowest BCUT2D eigenvalue weighted by atomic mass is 9.97. The van der Waals surface area contributed by atoms with Crippen molar-refractivity contribution >= 4 is 11.9 Å². The number of carbonyl (C=O) groups is 2. The molecule has 0 bridgehead atoms. The number of aliphatic hydroxyl groups excluding tert-OH is 1. The van der Waals surface area contributed by atoms with Crippen molar-refractivity contribution in [2.24, 2.45) is 5.92 Å². The minimum Gasteiger partial charge on any atom is -0.452 e. The largest absolute Gasteiger partial charge is 0.452 e. The van der Waals surface area contributed by atoms with Gasteiger partial charge < -0.3 is 15.2 Å². The van der Waals surface area contributed by atoms with Crippen LogP contribution in [0.15, 0.2) is 54.6 Å². The summed E-state index contributed by atoms with van der Waals surface area (Å²) < 4.78 is 5.09. The highest BCUT2D eigenvalue weighted by Gasteiger charge is 2.17. The number of ether oxygens (including phenoxy) is 1. The van der Waals surface area contributed by atoms with Gasteiger partial charge in [-0.15, -0.1) is 0 Å². The molecular formula is C21H25NO4. The van der Waals surface area contributed by atoms with E-state index < -0.39 is 5.97 Å². The molecule has 2 rings (SSSR count). The number of amides is 1.